The Morgan fingerprint density at radius 3 is 3.00 bits per heavy atom. The van der Waals surface area contributed by atoms with Gasteiger partial charge in [-0.05, 0) is 49.8 Å². The molecule has 0 bridgehead atoms. The fourth-order valence-electron chi connectivity index (χ4n) is 4.74. The summed E-state index contributed by atoms with van der Waals surface area (Å²) in [4.78, 5) is 14.5. The third-order valence-electron chi connectivity index (χ3n) is 5.36. The number of fused-ring (bicyclic) bond motifs is 2. The summed E-state index contributed by atoms with van der Waals surface area (Å²) in [7, 11) is 0. The first kappa shape index (κ1) is 11.2. The maximum absolute atomic E-state index is 11.5. The molecule has 98 valence electrons. The maximum Gasteiger partial charge on any atom is 0.248 e. The third-order valence-corrected chi connectivity index (χ3v) is 5.36. The fraction of sp³-hybridized carbons (Fsp3) is 0.438. The molecule has 1 spiro atoms. The summed E-state index contributed by atoms with van der Waals surface area (Å²) in [5.74, 6) is 0.439. The van der Waals surface area contributed by atoms with Crippen molar-refractivity contribution in [2.45, 2.75) is 32.2 Å². The smallest absolute Gasteiger partial charge is 0.248 e. The van der Waals surface area contributed by atoms with Crippen LogP contribution in [0.4, 0.5) is 0 Å². The van der Waals surface area contributed by atoms with Crippen LogP contribution >= 0.6 is 0 Å². The number of H-pyrrole nitrogens is 1. The van der Waals surface area contributed by atoms with Crippen molar-refractivity contribution in [2.75, 3.05) is 0 Å². The molecule has 3 heteroatoms. The van der Waals surface area contributed by atoms with Crippen LogP contribution in [0.25, 0.3) is 0 Å². The van der Waals surface area contributed by atoms with Crippen molar-refractivity contribution in [3.63, 3.8) is 0 Å². The summed E-state index contributed by atoms with van der Waals surface area (Å²) in [6.07, 6.45) is 6.50. The number of hydrogen-bond donors (Lipinski definition) is 2. The number of allylic oxidation sites excluding steroid dienone is 3. The Bertz CT molecular complexity index is 712. The predicted octanol–water partition coefficient (Wildman–Crippen LogP) is 2.00. The van der Waals surface area contributed by atoms with Gasteiger partial charge in [0.1, 0.15) is 0 Å². The lowest BCUT2D eigenvalue weighted by molar-refractivity contribution is 0.314. The third kappa shape index (κ3) is 1.03. The highest BCUT2D eigenvalue weighted by molar-refractivity contribution is 5.65. The van der Waals surface area contributed by atoms with E-state index in [1.807, 2.05) is 6.07 Å². The molecule has 3 N–H and O–H groups in total. The molecule has 0 aromatic carbocycles. The van der Waals surface area contributed by atoms with Crippen molar-refractivity contribution in [2.24, 2.45) is 17.1 Å². The van der Waals surface area contributed by atoms with Crippen LogP contribution in [0.2, 0.25) is 0 Å². The highest BCUT2D eigenvalue weighted by Gasteiger charge is 2.76. The molecular weight excluding hydrogens is 236 g/mol. The van der Waals surface area contributed by atoms with Crippen LogP contribution < -0.4 is 11.3 Å². The molecule has 1 aromatic heterocycles. The van der Waals surface area contributed by atoms with Gasteiger partial charge >= 0.3 is 0 Å². The molecule has 3 atom stereocenters. The van der Waals surface area contributed by atoms with E-state index < -0.39 is 0 Å². The monoisotopic (exact) mass is 254 g/mol. The number of nitrogens with one attached hydrogen (secondary N) is 1. The Morgan fingerprint density at radius 2 is 2.26 bits per heavy atom. The van der Waals surface area contributed by atoms with E-state index in [1.165, 1.54) is 11.1 Å². The van der Waals surface area contributed by atoms with Crippen LogP contribution in [-0.2, 0) is 12.0 Å². The second kappa shape index (κ2) is 3.10. The van der Waals surface area contributed by atoms with E-state index >= 15 is 0 Å². The molecule has 1 unspecified atom stereocenters. The van der Waals surface area contributed by atoms with E-state index in [0.717, 1.165) is 24.1 Å². The van der Waals surface area contributed by atoms with Gasteiger partial charge in [-0.25, -0.2) is 0 Å². The average molecular weight is 254 g/mol. The summed E-state index contributed by atoms with van der Waals surface area (Å²) in [5, 5.41) is 0. The molecule has 3 nitrogen and oxygen atoms in total. The predicted molar refractivity (Wildman–Crippen MR) is 74.7 cm³/mol. The van der Waals surface area contributed by atoms with E-state index in [2.05, 4.69) is 31.0 Å². The highest BCUT2D eigenvalue weighted by atomic mass is 16.1. The van der Waals surface area contributed by atoms with Crippen LogP contribution in [0.1, 0.15) is 31.5 Å². The standard InChI is InChI=1S/C16H18N2O/c1-3-13-15-8-9(2)6-10(15)7-12-11(16(13,15)17)4-5-14(19)18-12/h3-6,10H,7-8,17H2,1-2H3,(H,18,19)/b13-3-/t10-,15?,16-/m0/s1. The van der Waals surface area contributed by atoms with Gasteiger partial charge in [0.2, 0.25) is 5.56 Å². The first-order chi connectivity index (χ1) is 9.04. The zero-order valence-electron chi connectivity index (χ0n) is 11.3. The Morgan fingerprint density at radius 1 is 1.47 bits per heavy atom. The van der Waals surface area contributed by atoms with Gasteiger partial charge < -0.3 is 10.7 Å². The lowest BCUT2D eigenvalue weighted by Gasteiger charge is -2.31. The summed E-state index contributed by atoms with van der Waals surface area (Å²) >= 11 is 0. The second-order valence-corrected chi connectivity index (χ2v) is 6.20. The summed E-state index contributed by atoms with van der Waals surface area (Å²) in [6.45, 7) is 4.26. The topological polar surface area (TPSA) is 58.9 Å². The van der Waals surface area contributed by atoms with Crippen molar-refractivity contribution in [3.8, 4) is 0 Å². The molecule has 1 saturated carbocycles. The van der Waals surface area contributed by atoms with Gasteiger partial charge in [0.05, 0.1) is 5.54 Å². The Kier molecular flexibility index (Phi) is 1.83. The lowest BCUT2D eigenvalue weighted by atomic mass is 9.76. The quantitative estimate of drug-likeness (QED) is 0.696. The van der Waals surface area contributed by atoms with Crippen LogP contribution in [0.3, 0.4) is 0 Å². The number of hydrogen-bond acceptors (Lipinski definition) is 2. The van der Waals surface area contributed by atoms with Crippen molar-refractivity contribution >= 4 is 0 Å². The lowest BCUT2D eigenvalue weighted by Crippen LogP contribution is -2.38. The molecule has 1 fully saturated rings. The van der Waals surface area contributed by atoms with Crippen molar-refractivity contribution in [1.29, 1.82) is 0 Å². The zero-order valence-corrected chi connectivity index (χ0v) is 11.3. The van der Waals surface area contributed by atoms with Gasteiger partial charge in [0, 0.05) is 17.2 Å². The average Bonchev–Trinajstić information content (AvgIpc) is 2.70. The van der Waals surface area contributed by atoms with E-state index in [1.54, 1.807) is 6.07 Å². The van der Waals surface area contributed by atoms with Gasteiger partial charge in [-0.1, -0.05) is 17.7 Å². The van der Waals surface area contributed by atoms with Gasteiger partial charge in [-0.2, -0.15) is 0 Å². The summed E-state index contributed by atoms with van der Waals surface area (Å²) in [6, 6.07) is 3.53. The van der Waals surface area contributed by atoms with Crippen molar-refractivity contribution < 1.29 is 0 Å². The molecule has 0 saturated heterocycles. The first-order valence-corrected chi connectivity index (χ1v) is 6.90. The van der Waals surface area contributed by atoms with Gasteiger partial charge in [0.25, 0.3) is 0 Å². The number of nitrogens with two attached hydrogens (primary N) is 1. The molecule has 3 aliphatic carbocycles. The number of rotatable bonds is 0. The maximum atomic E-state index is 11.5. The van der Waals surface area contributed by atoms with E-state index in [9.17, 15) is 4.79 Å². The van der Waals surface area contributed by atoms with Gasteiger partial charge in [-0.3, -0.25) is 4.79 Å². The van der Waals surface area contributed by atoms with Crippen LogP contribution in [0.5, 0.6) is 0 Å². The molecule has 0 aliphatic heterocycles. The number of pyridine rings is 1. The normalized spacial score (nSPS) is 40.5. The SMILES string of the molecule is C/C=C1/C23CC(C)=C[C@H]2Cc2[nH]c(=O)ccc2[C@]13N. The first-order valence-electron chi connectivity index (χ1n) is 6.90. The molecule has 19 heavy (non-hydrogen) atoms. The minimum atomic E-state index is -0.363. The Balaban J connectivity index is 2.00. The second-order valence-electron chi connectivity index (χ2n) is 6.20. The van der Waals surface area contributed by atoms with E-state index in [4.69, 9.17) is 5.73 Å². The molecule has 1 heterocycles. The zero-order chi connectivity index (χ0) is 13.4. The number of aromatic nitrogens is 1. The van der Waals surface area contributed by atoms with E-state index in [0.29, 0.717) is 5.92 Å². The molecular formula is C16H18N2O. The fourth-order valence-corrected chi connectivity index (χ4v) is 4.74. The van der Waals surface area contributed by atoms with Crippen LogP contribution in [-0.4, -0.2) is 4.98 Å². The molecule has 0 amide bonds. The minimum Gasteiger partial charge on any atom is -0.326 e. The van der Waals surface area contributed by atoms with Crippen molar-refractivity contribution in [3.05, 3.63) is 57.0 Å². The largest absolute Gasteiger partial charge is 0.326 e. The van der Waals surface area contributed by atoms with Crippen LogP contribution in [0.15, 0.2) is 40.2 Å². The minimum absolute atomic E-state index is 0.0313. The van der Waals surface area contributed by atoms with Gasteiger partial charge in [-0.15, -0.1) is 0 Å². The Hall–Kier alpha value is -1.61. The Labute approximate surface area is 112 Å². The number of aromatic amines is 1. The molecule has 4 rings (SSSR count). The molecule has 3 aliphatic rings. The molecule has 1 aromatic rings. The van der Waals surface area contributed by atoms with E-state index in [-0.39, 0.29) is 16.5 Å². The van der Waals surface area contributed by atoms with Gasteiger partial charge in [0.15, 0.2) is 0 Å². The van der Waals surface area contributed by atoms with Crippen LogP contribution in [0, 0.1) is 11.3 Å². The van der Waals surface area contributed by atoms with Crippen molar-refractivity contribution in [1.82, 2.24) is 4.98 Å². The summed E-state index contributed by atoms with van der Waals surface area (Å²) in [5.41, 5.74) is 11.4. The highest BCUT2D eigenvalue weighted by Crippen LogP contribution is 2.77. The molecule has 0 radical (unpaired) electrons. The summed E-state index contributed by atoms with van der Waals surface area (Å²) < 4.78 is 0.